The number of benzene rings is 1. The predicted molar refractivity (Wildman–Crippen MR) is 101 cm³/mol. The number of allylic oxidation sites excluding steroid dienone is 1. The van der Waals surface area contributed by atoms with Gasteiger partial charge >= 0.3 is 0 Å². The van der Waals surface area contributed by atoms with Crippen LogP contribution in [-0.2, 0) is 20.4 Å². The summed E-state index contributed by atoms with van der Waals surface area (Å²) in [6.07, 6.45) is 21.3. The van der Waals surface area contributed by atoms with Gasteiger partial charge in [-0.15, -0.1) is 0 Å². The van der Waals surface area contributed by atoms with Gasteiger partial charge in [0.1, 0.15) is 0 Å². The fraction of sp³-hybridized carbons (Fsp3) is 0.619. The molecule has 23 heavy (non-hydrogen) atoms. The fourth-order valence-electron chi connectivity index (χ4n) is 4.30. The second-order valence-electron chi connectivity index (χ2n) is 7.09. The maximum absolute atomic E-state index is 2.50. The van der Waals surface area contributed by atoms with Crippen molar-refractivity contribution in [1.82, 2.24) is 0 Å². The molecule has 0 amide bonds. The third-order valence-electron chi connectivity index (χ3n) is 5.51. The summed E-state index contributed by atoms with van der Waals surface area (Å²) in [4.78, 5) is 0. The molecule has 1 aromatic rings. The van der Waals surface area contributed by atoms with E-state index in [1.54, 1.807) is 0 Å². The van der Waals surface area contributed by atoms with Gasteiger partial charge in [-0.05, 0) is 48.7 Å². The minimum atomic E-state index is 0. The summed E-state index contributed by atoms with van der Waals surface area (Å²) in [7, 11) is 0.220. The van der Waals surface area contributed by atoms with Crippen LogP contribution >= 0.6 is 7.92 Å². The molecule has 2 saturated carbocycles. The molecule has 2 heteroatoms. The Labute approximate surface area is 157 Å². The van der Waals surface area contributed by atoms with E-state index in [4.69, 9.17) is 0 Å². The van der Waals surface area contributed by atoms with E-state index in [-0.39, 0.29) is 28.3 Å². The van der Waals surface area contributed by atoms with Crippen molar-refractivity contribution in [1.29, 1.82) is 0 Å². The Balaban J connectivity index is 0.00000192. The van der Waals surface area contributed by atoms with Crippen LogP contribution < -0.4 is 0 Å². The molecular formula is C21H31PPd. The molecule has 0 spiro atoms. The fourth-order valence-corrected chi connectivity index (χ4v) is 7.89. The molecule has 130 valence electrons. The first-order valence-corrected chi connectivity index (χ1v) is 11.1. The minimum absolute atomic E-state index is 0. The van der Waals surface area contributed by atoms with Gasteiger partial charge in [-0.2, -0.15) is 0 Å². The van der Waals surface area contributed by atoms with E-state index in [0.29, 0.717) is 0 Å². The second kappa shape index (κ2) is 10.8. The molecule has 2 aliphatic carbocycles. The minimum Gasteiger partial charge on any atom is -0.0965 e. The van der Waals surface area contributed by atoms with Crippen molar-refractivity contribution < 1.29 is 20.4 Å². The van der Waals surface area contributed by atoms with Crippen molar-refractivity contribution in [3.63, 3.8) is 0 Å². The first-order chi connectivity index (χ1) is 10.9. The van der Waals surface area contributed by atoms with Gasteiger partial charge in [0.15, 0.2) is 0 Å². The van der Waals surface area contributed by atoms with Crippen LogP contribution in [0, 0.1) is 0 Å². The molecule has 3 rings (SSSR count). The zero-order chi connectivity index (χ0) is 15.0. The molecular weight excluding hydrogens is 390 g/mol. The maximum atomic E-state index is 2.50. The van der Waals surface area contributed by atoms with Crippen LogP contribution in [0.15, 0.2) is 36.4 Å². The van der Waals surface area contributed by atoms with Gasteiger partial charge < -0.3 is 0 Å². The van der Waals surface area contributed by atoms with Crippen LogP contribution in [0.25, 0.3) is 6.08 Å². The van der Waals surface area contributed by atoms with Crippen molar-refractivity contribution in [2.45, 2.75) is 75.5 Å². The Morgan fingerprint density at radius 2 is 1.30 bits per heavy atom. The van der Waals surface area contributed by atoms with Crippen LogP contribution in [0.3, 0.4) is 0 Å². The summed E-state index contributed by atoms with van der Waals surface area (Å²) in [5, 5.41) is 0. The smallest absolute Gasteiger partial charge is 0 e. The Morgan fingerprint density at radius 1 is 0.783 bits per heavy atom. The molecule has 0 aromatic heterocycles. The Bertz CT molecular complexity index is 426. The van der Waals surface area contributed by atoms with Gasteiger partial charge in [0.25, 0.3) is 0 Å². The van der Waals surface area contributed by atoms with Crippen molar-refractivity contribution >= 4 is 14.0 Å². The summed E-state index contributed by atoms with van der Waals surface area (Å²) in [5.41, 5.74) is 3.52. The van der Waals surface area contributed by atoms with E-state index >= 15 is 0 Å². The molecule has 0 nitrogen and oxygen atoms in total. The topological polar surface area (TPSA) is 0 Å². The maximum Gasteiger partial charge on any atom is 0 e. The van der Waals surface area contributed by atoms with E-state index in [1.807, 2.05) is 0 Å². The van der Waals surface area contributed by atoms with E-state index in [1.165, 1.54) is 75.9 Å². The normalized spacial score (nSPS) is 20.7. The second-order valence-corrected chi connectivity index (χ2v) is 9.95. The van der Waals surface area contributed by atoms with Gasteiger partial charge in [0, 0.05) is 20.4 Å². The molecule has 0 heterocycles. The van der Waals surface area contributed by atoms with Crippen LogP contribution in [-0.4, -0.2) is 17.5 Å². The van der Waals surface area contributed by atoms with E-state index in [0.717, 1.165) is 11.3 Å². The molecule has 2 aliphatic rings. The van der Waals surface area contributed by atoms with Crippen molar-refractivity contribution in [3.8, 4) is 0 Å². The third kappa shape index (κ3) is 6.12. The van der Waals surface area contributed by atoms with Gasteiger partial charge in [-0.25, -0.2) is 0 Å². The van der Waals surface area contributed by atoms with E-state index in [2.05, 4.69) is 42.5 Å². The van der Waals surface area contributed by atoms with Gasteiger partial charge in [-0.1, -0.05) is 88.9 Å². The Morgan fingerprint density at radius 3 is 1.83 bits per heavy atom. The molecule has 2 fully saturated rings. The van der Waals surface area contributed by atoms with Crippen LogP contribution in [0.1, 0.15) is 69.8 Å². The predicted octanol–water partition coefficient (Wildman–Crippen LogP) is 6.84. The first-order valence-electron chi connectivity index (χ1n) is 9.41. The van der Waals surface area contributed by atoms with Crippen LogP contribution in [0.5, 0.6) is 0 Å². The average Bonchev–Trinajstić information content (AvgIpc) is 2.61. The summed E-state index contributed by atoms with van der Waals surface area (Å²) in [5.74, 6) is 0. The first kappa shape index (κ1) is 19.4. The molecule has 0 atom stereocenters. The molecule has 1 aromatic carbocycles. The molecule has 0 unspecified atom stereocenters. The number of hydrogen-bond donors (Lipinski definition) is 0. The zero-order valence-electron chi connectivity index (χ0n) is 14.2. The molecule has 0 aliphatic heterocycles. The van der Waals surface area contributed by atoms with Crippen molar-refractivity contribution in [2.75, 3.05) is 6.16 Å². The molecule has 0 bridgehead atoms. The van der Waals surface area contributed by atoms with Gasteiger partial charge in [0.2, 0.25) is 0 Å². The number of hydrogen-bond acceptors (Lipinski definition) is 0. The Hall–Kier alpha value is 0.0523. The summed E-state index contributed by atoms with van der Waals surface area (Å²) in [6.45, 7) is 0. The van der Waals surface area contributed by atoms with Crippen molar-refractivity contribution in [2.24, 2.45) is 0 Å². The third-order valence-corrected chi connectivity index (χ3v) is 9.05. The van der Waals surface area contributed by atoms with E-state index < -0.39 is 0 Å². The quantitative estimate of drug-likeness (QED) is 0.361. The summed E-state index contributed by atoms with van der Waals surface area (Å²) in [6, 6.07) is 10.8. The molecule has 0 radical (unpaired) electrons. The van der Waals surface area contributed by atoms with E-state index in [9.17, 15) is 0 Å². The largest absolute Gasteiger partial charge is 0.0965 e. The summed E-state index contributed by atoms with van der Waals surface area (Å²) >= 11 is 0. The van der Waals surface area contributed by atoms with Gasteiger partial charge in [0.05, 0.1) is 0 Å². The number of rotatable bonds is 5. The average molecular weight is 421 g/mol. The molecule has 0 N–H and O–H groups in total. The monoisotopic (exact) mass is 420 g/mol. The van der Waals surface area contributed by atoms with Crippen molar-refractivity contribution in [3.05, 3.63) is 42.0 Å². The summed E-state index contributed by atoms with van der Waals surface area (Å²) < 4.78 is 0. The Kier molecular flexibility index (Phi) is 9.12. The molecule has 0 saturated heterocycles. The zero-order valence-corrected chi connectivity index (χ0v) is 16.7. The van der Waals surface area contributed by atoms with Crippen LogP contribution in [0.4, 0.5) is 0 Å². The standard InChI is InChI=1S/C21H31P.Pd/c1-4-11-19(12-5-1)13-10-18-22(20-14-6-2-7-15-20)21-16-8-3-9-17-21;/h1,4-5,10-13,20-21H,2-3,6-9,14-18H2;. The SMILES string of the molecule is C(=Cc1ccccc1)CP(C1CCCCC1)C1CCCCC1.[Pd]. The van der Waals surface area contributed by atoms with Crippen LogP contribution in [0.2, 0.25) is 0 Å². The van der Waals surface area contributed by atoms with Gasteiger partial charge in [-0.3, -0.25) is 0 Å².